The van der Waals surface area contributed by atoms with Gasteiger partial charge in [0.15, 0.2) is 0 Å². The van der Waals surface area contributed by atoms with Gasteiger partial charge in [0.25, 0.3) is 0 Å². The van der Waals surface area contributed by atoms with Crippen LogP contribution in [0.1, 0.15) is 43.7 Å². The maximum atomic E-state index is 3.75. The lowest BCUT2D eigenvalue weighted by Crippen LogP contribution is -1.94. The Morgan fingerprint density at radius 2 is 1.69 bits per heavy atom. The topological polar surface area (TPSA) is 0 Å². The largest absolute Gasteiger partial charge is 0.0985 e. The Hall–Kier alpha value is -1.04. The standard InChI is InChI=1S/C13H18/c1-4-11-7-9-13(10-8-11)12(5-2)6-3/h4,7-10,12H,1,5-6H2,2-3H3. The lowest BCUT2D eigenvalue weighted by atomic mass is 9.93. The minimum Gasteiger partial charge on any atom is -0.0985 e. The quantitative estimate of drug-likeness (QED) is 0.640. The van der Waals surface area contributed by atoms with Crippen LogP contribution in [-0.4, -0.2) is 0 Å². The van der Waals surface area contributed by atoms with E-state index in [1.54, 1.807) is 0 Å². The summed E-state index contributed by atoms with van der Waals surface area (Å²) >= 11 is 0. The van der Waals surface area contributed by atoms with Gasteiger partial charge in [-0.15, -0.1) is 0 Å². The van der Waals surface area contributed by atoms with Gasteiger partial charge in [-0.25, -0.2) is 0 Å². The van der Waals surface area contributed by atoms with Gasteiger partial charge < -0.3 is 0 Å². The normalized spacial score (nSPS) is 10.4. The van der Waals surface area contributed by atoms with E-state index in [9.17, 15) is 0 Å². The molecule has 1 aromatic carbocycles. The molecular weight excluding hydrogens is 156 g/mol. The van der Waals surface area contributed by atoms with Crippen LogP contribution < -0.4 is 0 Å². The van der Waals surface area contributed by atoms with Gasteiger partial charge in [0.2, 0.25) is 0 Å². The molecule has 0 aliphatic heterocycles. The van der Waals surface area contributed by atoms with Crippen molar-refractivity contribution in [2.75, 3.05) is 0 Å². The maximum absolute atomic E-state index is 3.75. The predicted molar refractivity (Wildman–Crippen MR) is 59.9 cm³/mol. The highest BCUT2D eigenvalue weighted by atomic mass is 14.1. The Balaban J connectivity index is 2.83. The first-order valence-electron chi connectivity index (χ1n) is 5.04. The molecule has 0 saturated heterocycles. The van der Waals surface area contributed by atoms with Crippen molar-refractivity contribution in [3.8, 4) is 0 Å². The monoisotopic (exact) mass is 174 g/mol. The second-order valence-electron chi connectivity index (χ2n) is 3.38. The zero-order valence-electron chi connectivity index (χ0n) is 8.59. The Kier molecular flexibility index (Phi) is 3.75. The molecule has 1 aromatic rings. The van der Waals surface area contributed by atoms with Crippen LogP contribution in [0.3, 0.4) is 0 Å². The fourth-order valence-corrected chi connectivity index (χ4v) is 1.66. The fourth-order valence-electron chi connectivity index (χ4n) is 1.66. The van der Waals surface area contributed by atoms with Crippen LogP contribution in [0.2, 0.25) is 0 Å². The summed E-state index contributed by atoms with van der Waals surface area (Å²) in [6, 6.07) is 8.71. The van der Waals surface area contributed by atoms with Crippen LogP contribution in [0, 0.1) is 0 Å². The Labute approximate surface area is 81.3 Å². The highest BCUT2D eigenvalue weighted by molar-refractivity contribution is 5.47. The molecule has 0 spiro atoms. The summed E-state index contributed by atoms with van der Waals surface area (Å²) in [5, 5.41) is 0. The molecule has 0 bridgehead atoms. The summed E-state index contributed by atoms with van der Waals surface area (Å²) in [6.07, 6.45) is 4.34. The number of hydrogen-bond donors (Lipinski definition) is 0. The fraction of sp³-hybridized carbons (Fsp3) is 0.385. The third-order valence-corrected chi connectivity index (χ3v) is 2.63. The van der Waals surface area contributed by atoms with E-state index in [4.69, 9.17) is 0 Å². The van der Waals surface area contributed by atoms with Gasteiger partial charge in [-0.3, -0.25) is 0 Å². The Bertz CT molecular complexity index is 252. The van der Waals surface area contributed by atoms with Crippen LogP contribution in [0.25, 0.3) is 6.08 Å². The summed E-state index contributed by atoms with van der Waals surface area (Å²) in [5.74, 6) is 0.721. The van der Waals surface area contributed by atoms with Crippen molar-refractivity contribution in [3.05, 3.63) is 42.0 Å². The molecule has 0 unspecified atom stereocenters. The molecule has 0 saturated carbocycles. The second kappa shape index (κ2) is 4.86. The number of benzene rings is 1. The zero-order chi connectivity index (χ0) is 9.68. The van der Waals surface area contributed by atoms with Crippen molar-refractivity contribution in [2.45, 2.75) is 32.6 Å². The molecule has 0 aliphatic carbocycles. The van der Waals surface area contributed by atoms with Crippen molar-refractivity contribution in [2.24, 2.45) is 0 Å². The molecular formula is C13H18. The SMILES string of the molecule is C=Cc1ccc(C(CC)CC)cc1. The molecule has 0 heterocycles. The van der Waals surface area contributed by atoms with Gasteiger partial charge in [-0.1, -0.05) is 50.8 Å². The van der Waals surface area contributed by atoms with E-state index in [-0.39, 0.29) is 0 Å². The molecule has 13 heavy (non-hydrogen) atoms. The van der Waals surface area contributed by atoms with Crippen LogP contribution in [0.15, 0.2) is 30.8 Å². The average molecular weight is 174 g/mol. The van der Waals surface area contributed by atoms with E-state index in [1.165, 1.54) is 24.0 Å². The minimum atomic E-state index is 0.721. The van der Waals surface area contributed by atoms with Crippen LogP contribution in [0.4, 0.5) is 0 Å². The molecule has 0 radical (unpaired) electrons. The molecule has 0 N–H and O–H groups in total. The van der Waals surface area contributed by atoms with E-state index < -0.39 is 0 Å². The van der Waals surface area contributed by atoms with Crippen LogP contribution in [0.5, 0.6) is 0 Å². The highest BCUT2D eigenvalue weighted by Gasteiger charge is 2.05. The lowest BCUT2D eigenvalue weighted by Gasteiger charge is -2.12. The van der Waals surface area contributed by atoms with Gasteiger partial charge in [0.1, 0.15) is 0 Å². The summed E-state index contributed by atoms with van der Waals surface area (Å²) in [6.45, 7) is 8.24. The molecule has 0 aromatic heterocycles. The van der Waals surface area contributed by atoms with Gasteiger partial charge in [0.05, 0.1) is 0 Å². The highest BCUT2D eigenvalue weighted by Crippen LogP contribution is 2.22. The molecule has 70 valence electrons. The summed E-state index contributed by atoms with van der Waals surface area (Å²) in [7, 11) is 0. The summed E-state index contributed by atoms with van der Waals surface area (Å²) < 4.78 is 0. The van der Waals surface area contributed by atoms with Crippen molar-refractivity contribution in [1.29, 1.82) is 0 Å². The Morgan fingerprint density at radius 3 is 2.08 bits per heavy atom. The maximum Gasteiger partial charge on any atom is -0.0167 e. The first-order chi connectivity index (χ1) is 6.31. The van der Waals surface area contributed by atoms with Crippen LogP contribution in [-0.2, 0) is 0 Å². The minimum absolute atomic E-state index is 0.721. The van der Waals surface area contributed by atoms with Gasteiger partial charge >= 0.3 is 0 Å². The van der Waals surface area contributed by atoms with E-state index in [2.05, 4.69) is 44.7 Å². The first kappa shape index (κ1) is 10.0. The van der Waals surface area contributed by atoms with Crippen molar-refractivity contribution >= 4 is 6.08 Å². The van der Waals surface area contributed by atoms with Crippen molar-refractivity contribution in [3.63, 3.8) is 0 Å². The van der Waals surface area contributed by atoms with E-state index in [1.807, 2.05) is 6.08 Å². The second-order valence-corrected chi connectivity index (χ2v) is 3.38. The molecule has 0 heteroatoms. The molecule has 0 amide bonds. The first-order valence-corrected chi connectivity index (χ1v) is 5.04. The number of hydrogen-bond acceptors (Lipinski definition) is 0. The molecule has 0 nitrogen and oxygen atoms in total. The average Bonchev–Trinajstić information content (AvgIpc) is 2.21. The smallest absolute Gasteiger partial charge is 0.0167 e. The number of rotatable bonds is 4. The van der Waals surface area contributed by atoms with E-state index in [0.29, 0.717) is 0 Å². The van der Waals surface area contributed by atoms with Crippen molar-refractivity contribution in [1.82, 2.24) is 0 Å². The summed E-state index contributed by atoms with van der Waals surface area (Å²) in [5.41, 5.74) is 2.66. The molecule has 0 fully saturated rings. The summed E-state index contributed by atoms with van der Waals surface area (Å²) in [4.78, 5) is 0. The third kappa shape index (κ3) is 2.45. The molecule has 0 atom stereocenters. The zero-order valence-corrected chi connectivity index (χ0v) is 8.59. The van der Waals surface area contributed by atoms with E-state index >= 15 is 0 Å². The van der Waals surface area contributed by atoms with Gasteiger partial charge in [-0.05, 0) is 29.9 Å². The Morgan fingerprint density at radius 1 is 1.15 bits per heavy atom. The van der Waals surface area contributed by atoms with Gasteiger partial charge in [0, 0.05) is 0 Å². The van der Waals surface area contributed by atoms with Gasteiger partial charge in [-0.2, -0.15) is 0 Å². The lowest BCUT2D eigenvalue weighted by molar-refractivity contribution is 0.642. The van der Waals surface area contributed by atoms with Crippen molar-refractivity contribution < 1.29 is 0 Å². The molecule has 0 aliphatic rings. The van der Waals surface area contributed by atoms with Crippen LogP contribution >= 0.6 is 0 Å². The van der Waals surface area contributed by atoms with E-state index in [0.717, 1.165) is 5.92 Å². The third-order valence-electron chi connectivity index (χ3n) is 2.63. The molecule has 1 rings (SSSR count). The predicted octanol–water partition coefficient (Wildman–Crippen LogP) is 4.23.